The lowest BCUT2D eigenvalue weighted by molar-refractivity contribution is -0.136. The first-order chi connectivity index (χ1) is 12.9. The minimum Gasteiger partial charge on any atom is -0.335 e. The Morgan fingerprint density at radius 2 is 1.56 bits per heavy atom. The van der Waals surface area contributed by atoms with Crippen molar-refractivity contribution in [3.05, 3.63) is 70.3 Å². The molecule has 1 aliphatic carbocycles. The molecule has 0 heterocycles. The molecular formula is C21H22F2N2O2. The van der Waals surface area contributed by atoms with E-state index in [0.29, 0.717) is 35.1 Å². The summed E-state index contributed by atoms with van der Waals surface area (Å²) in [5.41, 5.74) is 7.32. The molecule has 0 bridgehead atoms. The molecule has 6 heteroatoms. The van der Waals surface area contributed by atoms with Crippen LogP contribution in [0.25, 0.3) is 0 Å². The normalized spacial score (nSPS) is 14.7. The molecule has 4 nitrogen and oxygen atoms in total. The Bertz CT molecular complexity index is 844. The van der Waals surface area contributed by atoms with Gasteiger partial charge in [0.05, 0.1) is 18.5 Å². The van der Waals surface area contributed by atoms with Crippen molar-refractivity contribution in [2.75, 3.05) is 13.6 Å². The molecule has 0 aromatic heterocycles. The number of hydrogen-bond donors (Lipinski definition) is 1. The maximum atomic E-state index is 14.5. The van der Waals surface area contributed by atoms with E-state index in [9.17, 15) is 18.4 Å². The molecule has 0 saturated carbocycles. The van der Waals surface area contributed by atoms with Crippen LogP contribution in [0.5, 0.6) is 0 Å². The van der Waals surface area contributed by atoms with Crippen molar-refractivity contribution in [1.82, 2.24) is 4.90 Å². The zero-order chi connectivity index (χ0) is 19.7. The molecule has 0 unspecified atom stereocenters. The lowest BCUT2D eigenvalue weighted by Crippen LogP contribution is -2.45. The number of likely N-dealkylation sites (N-methyl/N-ethyl adjacent to an activating group) is 1. The van der Waals surface area contributed by atoms with Crippen molar-refractivity contribution in [1.29, 1.82) is 0 Å². The van der Waals surface area contributed by atoms with Gasteiger partial charge in [0.2, 0.25) is 5.91 Å². The molecule has 2 aromatic carbocycles. The summed E-state index contributed by atoms with van der Waals surface area (Å²) in [5.74, 6) is -2.31. The van der Waals surface area contributed by atoms with E-state index in [0.717, 1.165) is 0 Å². The maximum absolute atomic E-state index is 14.5. The number of rotatable bonds is 4. The number of benzene rings is 2. The van der Waals surface area contributed by atoms with E-state index in [1.165, 1.54) is 24.1 Å². The van der Waals surface area contributed by atoms with E-state index in [1.54, 1.807) is 31.2 Å². The molecule has 2 N–H and O–H groups in total. The fourth-order valence-electron chi connectivity index (χ4n) is 3.74. The number of nitrogens with zero attached hydrogens (tertiary/aromatic N) is 1. The molecule has 1 aliphatic rings. The SMILES string of the molecule is C[C@@H](C(=O)C1c2cccc(F)c2CCc2c(F)cccc21)N(C)C(=O)CN. The van der Waals surface area contributed by atoms with Crippen molar-refractivity contribution in [3.63, 3.8) is 0 Å². The van der Waals surface area contributed by atoms with Crippen LogP contribution in [0.2, 0.25) is 0 Å². The van der Waals surface area contributed by atoms with Crippen LogP contribution < -0.4 is 5.73 Å². The zero-order valence-corrected chi connectivity index (χ0v) is 15.3. The standard InChI is InChI=1S/C21H22F2N2O2/c1-12(25(2)19(26)11-24)21(27)20-15-5-3-7-17(22)13(15)9-10-14-16(20)6-4-8-18(14)23/h3-8,12,20H,9-11,24H2,1-2H3/t12-/m0/s1. The van der Waals surface area contributed by atoms with Crippen LogP contribution in [0.3, 0.4) is 0 Å². The Morgan fingerprint density at radius 3 is 2.00 bits per heavy atom. The van der Waals surface area contributed by atoms with Gasteiger partial charge in [0, 0.05) is 7.05 Å². The molecule has 142 valence electrons. The predicted molar refractivity (Wildman–Crippen MR) is 98.3 cm³/mol. The smallest absolute Gasteiger partial charge is 0.236 e. The van der Waals surface area contributed by atoms with E-state index >= 15 is 0 Å². The average molecular weight is 372 g/mol. The summed E-state index contributed by atoms with van der Waals surface area (Å²) in [4.78, 5) is 26.6. The highest BCUT2D eigenvalue weighted by Gasteiger charge is 2.36. The number of ketones is 1. The highest BCUT2D eigenvalue weighted by molar-refractivity contribution is 5.96. The second-order valence-corrected chi connectivity index (χ2v) is 6.84. The number of Topliss-reactive ketones (excluding diaryl/α,β-unsaturated/α-hetero) is 1. The summed E-state index contributed by atoms with van der Waals surface area (Å²) in [6.45, 7) is 1.40. The minimum absolute atomic E-state index is 0.213. The molecule has 0 spiro atoms. The van der Waals surface area contributed by atoms with Gasteiger partial charge in [-0.2, -0.15) is 0 Å². The third-order valence-electron chi connectivity index (χ3n) is 5.40. The van der Waals surface area contributed by atoms with Crippen molar-refractivity contribution in [2.45, 2.75) is 31.7 Å². The first kappa shape index (κ1) is 19.2. The van der Waals surface area contributed by atoms with E-state index in [4.69, 9.17) is 5.73 Å². The molecule has 3 rings (SSSR count). The van der Waals surface area contributed by atoms with Crippen LogP contribution in [-0.2, 0) is 22.4 Å². The quantitative estimate of drug-likeness (QED) is 0.897. The molecule has 1 amide bonds. The summed E-state index contributed by atoms with van der Waals surface area (Å²) in [6, 6.07) is 8.43. The van der Waals surface area contributed by atoms with Crippen LogP contribution in [0.1, 0.15) is 35.1 Å². The van der Waals surface area contributed by atoms with E-state index in [2.05, 4.69) is 0 Å². The topological polar surface area (TPSA) is 63.4 Å². The van der Waals surface area contributed by atoms with E-state index in [-0.39, 0.29) is 18.2 Å². The number of halogens is 2. The highest BCUT2D eigenvalue weighted by atomic mass is 19.1. The van der Waals surface area contributed by atoms with Gasteiger partial charge in [-0.05, 0) is 54.2 Å². The number of carbonyl (C=O) groups is 2. The number of fused-ring (bicyclic) bond motifs is 2. The van der Waals surface area contributed by atoms with Gasteiger partial charge in [-0.1, -0.05) is 24.3 Å². The number of amides is 1. The van der Waals surface area contributed by atoms with E-state index in [1.807, 2.05) is 0 Å². The fraction of sp³-hybridized carbons (Fsp3) is 0.333. The summed E-state index contributed by atoms with van der Waals surface area (Å²) in [5, 5.41) is 0. The number of carbonyl (C=O) groups excluding carboxylic acids is 2. The average Bonchev–Trinajstić information content (AvgIpc) is 2.84. The van der Waals surface area contributed by atoms with Gasteiger partial charge >= 0.3 is 0 Å². The summed E-state index contributed by atoms with van der Waals surface area (Å²) < 4.78 is 28.9. The van der Waals surface area contributed by atoms with Crippen molar-refractivity contribution < 1.29 is 18.4 Å². The summed E-state index contributed by atoms with van der Waals surface area (Å²) in [7, 11) is 1.51. The second-order valence-electron chi connectivity index (χ2n) is 6.84. The predicted octanol–water partition coefficient (Wildman–Crippen LogP) is 2.57. The molecule has 0 fully saturated rings. The van der Waals surface area contributed by atoms with Gasteiger partial charge in [0.25, 0.3) is 0 Å². The fourth-order valence-corrected chi connectivity index (χ4v) is 3.74. The molecular weight excluding hydrogens is 350 g/mol. The van der Waals surface area contributed by atoms with E-state index < -0.39 is 23.6 Å². The Morgan fingerprint density at radius 1 is 1.07 bits per heavy atom. The maximum Gasteiger partial charge on any atom is 0.236 e. The van der Waals surface area contributed by atoms with Gasteiger partial charge in [-0.25, -0.2) is 8.78 Å². The Kier molecular flexibility index (Phi) is 5.37. The first-order valence-corrected chi connectivity index (χ1v) is 8.90. The second kappa shape index (κ2) is 7.56. The van der Waals surface area contributed by atoms with Crippen LogP contribution >= 0.6 is 0 Å². The summed E-state index contributed by atoms with van der Waals surface area (Å²) >= 11 is 0. The molecule has 0 aliphatic heterocycles. The molecule has 0 radical (unpaired) electrons. The Hall–Kier alpha value is -2.60. The summed E-state index contributed by atoms with van der Waals surface area (Å²) in [6.07, 6.45) is 0.622. The molecule has 0 saturated heterocycles. The minimum atomic E-state index is -0.841. The Labute approximate surface area is 157 Å². The van der Waals surface area contributed by atoms with Crippen LogP contribution in [0.4, 0.5) is 8.78 Å². The monoisotopic (exact) mass is 372 g/mol. The lowest BCUT2D eigenvalue weighted by Gasteiger charge is -2.28. The molecule has 1 atom stereocenters. The Balaban J connectivity index is 2.16. The third-order valence-corrected chi connectivity index (χ3v) is 5.40. The van der Waals surface area contributed by atoms with Gasteiger partial charge in [-0.15, -0.1) is 0 Å². The van der Waals surface area contributed by atoms with Crippen molar-refractivity contribution >= 4 is 11.7 Å². The van der Waals surface area contributed by atoms with Gasteiger partial charge in [-0.3, -0.25) is 9.59 Å². The lowest BCUT2D eigenvalue weighted by atomic mass is 9.82. The van der Waals surface area contributed by atoms with Gasteiger partial charge < -0.3 is 10.6 Å². The van der Waals surface area contributed by atoms with Crippen molar-refractivity contribution in [3.8, 4) is 0 Å². The highest BCUT2D eigenvalue weighted by Crippen LogP contribution is 2.37. The third kappa shape index (κ3) is 3.37. The first-order valence-electron chi connectivity index (χ1n) is 8.90. The molecule has 27 heavy (non-hydrogen) atoms. The van der Waals surface area contributed by atoms with Gasteiger partial charge in [0.1, 0.15) is 11.6 Å². The largest absolute Gasteiger partial charge is 0.335 e. The van der Waals surface area contributed by atoms with Crippen LogP contribution in [0.15, 0.2) is 36.4 Å². The van der Waals surface area contributed by atoms with Gasteiger partial charge in [0.15, 0.2) is 5.78 Å². The molecule has 2 aromatic rings. The van der Waals surface area contributed by atoms with Crippen LogP contribution in [0, 0.1) is 11.6 Å². The number of hydrogen-bond acceptors (Lipinski definition) is 3. The number of nitrogens with two attached hydrogens (primary N) is 1. The van der Waals surface area contributed by atoms with Crippen LogP contribution in [-0.4, -0.2) is 36.2 Å². The van der Waals surface area contributed by atoms with Crippen molar-refractivity contribution in [2.24, 2.45) is 5.73 Å². The zero-order valence-electron chi connectivity index (χ0n) is 15.3.